The van der Waals surface area contributed by atoms with E-state index in [1.165, 1.54) is 16.8 Å². The van der Waals surface area contributed by atoms with Crippen molar-refractivity contribution in [2.45, 2.75) is 38.1 Å². The average Bonchev–Trinajstić information content (AvgIpc) is 3.36. The van der Waals surface area contributed by atoms with Crippen LogP contribution >= 0.6 is 0 Å². The second-order valence-electron chi connectivity index (χ2n) is 8.37. The molecule has 1 aromatic heterocycles. The third kappa shape index (κ3) is 5.14. The Hall–Kier alpha value is -4.01. The van der Waals surface area contributed by atoms with Crippen LogP contribution < -0.4 is 5.32 Å². The lowest BCUT2D eigenvalue weighted by molar-refractivity contribution is -0.384. The maximum Gasteiger partial charge on any atom is 0.272 e. The first-order valence-electron chi connectivity index (χ1n) is 11.4. The van der Waals surface area contributed by atoms with Crippen LogP contribution in [0, 0.1) is 10.1 Å². The quantitative estimate of drug-likeness (QED) is 0.426. The maximum atomic E-state index is 13.1. The van der Waals surface area contributed by atoms with Gasteiger partial charge in [0.05, 0.1) is 16.5 Å². The lowest BCUT2D eigenvalue weighted by atomic mass is 9.93. The van der Waals surface area contributed by atoms with E-state index in [1.807, 2.05) is 42.2 Å². The van der Waals surface area contributed by atoms with Crippen molar-refractivity contribution >= 4 is 17.5 Å². The van der Waals surface area contributed by atoms with Crippen LogP contribution in [0.4, 0.5) is 5.69 Å². The van der Waals surface area contributed by atoms with Gasteiger partial charge in [-0.25, -0.2) is 4.68 Å². The Balaban J connectivity index is 1.33. The second-order valence-corrected chi connectivity index (χ2v) is 8.37. The number of piperidine rings is 1. The van der Waals surface area contributed by atoms with Gasteiger partial charge in [-0.2, -0.15) is 5.10 Å². The number of aromatic nitrogens is 2. The lowest BCUT2D eigenvalue weighted by Gasteiger charge is -2.34. The number of amides is 2. The summed E-state index contributed by atoms with van der Waals surface area (Å²) < 4.78 is 1.44. The van der Waals surface area contributed by atoms with Crippen LogP contribution in [0.15, 0.2) is 66.9 Å². The van der Waals surface area contributed by atoms with Crippen LogP contribution in [0.1, 0.15) is 48.2 Å². The predicted octanol–water partition coefficient (Wildman–Crippen LogP) is 3.70. The SMILES string of the molecule is CCC(C(=O)N1CCC(NC(=O)c2ccn(-c3cccc([N+](=O)[O-])c3)n2)CC1)c1ccccc1. The van der Waals surface area contributed by atoms with Crippen LogP contribution in [-0.2, 0) is 4.79 Å². The molecule has 0 spiro atoms. The number of carbonyl (C=O) groups is 2. The standard InChI is InChI=1S/C25H27N5O4/c1-2-22(18-7-4-3-5-8-18)25(32)28-14-11-19(12-15-28)26-24(31)23-13-16-29(27-23)20-9-6-10-21(17-20)30(33)34/h3-10,13,16-17,19,22H,2,11-12,14-15H2,1H3,(H,26,31). The highest BCUT2D eigenvalue weighted by Crippen LogP contribution is 2.24. The number of nitro groups is 1. The highest BCUT2D eigenvalue weighted by atomic mass is 16.6. The molecule has 1 aliphatic heterocycles. The van der Waals surface area contributed by atoms with Gasteiger partial charge in [0.2, 0.25) is 5.91 Å². The summed E-state index contributed by atoms with van der Waals surface area (Å²) in [6.45, 7) is 3.21. The summed E-state index contributed by atoms with van der Waals surface area (Å²) in [6.07, 6.45) is 3.69. The molecular weight excluding hydrogens is 434 g/mol. The lowest BCUT2D eigenvalue weighted by Crippen LogP contribution is -2.47. The van der Waals surface area contributed by atoms with Crippen LogP contribution in [0.5, 0.6) is 0 Å². The Kier molecular flexibility index (Phi) is 7.01. The third-order valence-electron chi connectivity index (χ3n) is 6.18. The van der Waals surface area contributed by atoms with Crippen molar-refractivity contribution in [2.24, 2.45) is 0 Å². The number of hydrogen-bond donors (Lipinski definition) is 1. The number of benzene rings is 2. The van der Waals surface area contributed by atoms with Gasteiger partial charge in [-0.05, 0) is 37.0 Å². The molecule has 4 rings (SSSR count). The number of nitrogens with one attached hydrogen (secondary N) is 1. The van der Waals surface area contributed by atoms with E-state index in [-0.39, 0.29) is 35.2 Å². The fourth-order valence-electron chi connectivity index (χ4n) is 4.30. The molecule has 2 aromatic carbocycles. The molecule has 3 aromatic rings. The van der Waals surface area contributed by atoms with E-state index in [0.29, 0.717) is 31.6 Å². The average molecular weight is 462 g/mol. The Labute approximate surface area is 197 Å². The summed E-state index contributed by atoms with van der Waals surface area (Å²) >= 11 is 0. The summed E-state index contributed by atoms with van der Waals surface area (Å²) in [5.74, 6) is -0.316. The third-order valence-corrected chi connectivity index (χ3v) is 6.18. The van der Waals surface area contributed by atoms with Crippen molar-refractivity contribution in [1.82, 2.24) is 20.0 Å². The minimum Gasteiger partial charge on any atom is -0.348 e. The first-order chi connectivity index (χ1) is 16.5. The highest BCUT2D eigenvalue weighted by molar-refractivity contribution is 5.92. The van der Waals surface area contributed by atoms with E-state index < -0.39 is 4.92 Å². The van der Waals surface area contributed by atoms with Crippen LogP contribution in [0.3, 0.4) is 0 Å². The van der Waals surface area contributed by atoms with Gasteiger partial charge >= 0.3 is 0 Å². The molecule has 2 amide bonds. The van der Waals surface area contributed by atoms with Gasteiger partial charge in [-0.15, -0.1) is 0 Å². The molecule has 1 saturated heterocycles. The van der Waals surface area contributed by atoms with Gasteiger partial charge in [0.15, 0.2) is 5.69 Å². The van der Waals surface area contributed by atoms with Crippen molar-refractivity contribution in [1.29, 1.82) is 0 Å². The first kappa shape index (κ1) is 23.2. The number of carbonyl (C=O) groups excluding carboxylic acids is 2. The number of likely N-dealkylation sites (tertiary alicyclic amines) is 1. The molecule has 9 nitrogen and oxygen atoms in total. The fraction of sp³-hybridized carbons (Fsp3) is 0.320. The van der Waals surface area contributed by atoms with E-state index in [4.69, 9.17) is 0 Å². The topological polar surface area (TPSA) is 110 Å². The summed E-state index contributed by atoms with van der Waals surface area (Å²) in [4.78, 5) is 38.2. The molecule has 0 bridgehead atoms. The first-order valence-corrected chi connectivity index (χ1v) is 11.4. The number of hydrogen-bond acceptors (Lipinski definition) is 5. The molecule has 1 aliphatic rings. The summed E-state index contributed by atoms with van der Waals surface area (Å²) in [5.41, 5.74) is 1.73. The maximum absolute atomic E-state index is 13.1. The molecule has 1 fully saturated rings. The van der Waals surface area contributed by atoms with Gasteiger partial charge in [-0.1, -0.05) is 43.3 Å². The Bertz CT molecular complexity index is 1170. The van der Waals surface area contributed by atoms with E-state index in [1.54, 1.807) is 24.4 Å². The monoisotopic (exact) mass is 461 g/mol. The normalized spacial score (nSPS) is 15.0. The summed E-state index contributed by atoms with van der Waals surface area (Å²) in [5, 5.41) is 18.3. The predicted molar refractivity (Wildman–Crippen MR) is 127 cm³/mol. The van der Waals surface area contributed by atoms with Crippen molar-refractivity contribution in [2.75, 3.05) is 13.1 Å². The molecule has 1 atom stereocenters. The molecule has 0 aliphatic carbocycles. The van der Waals surface area contributed by atoms with Crippen molar-refractivity contribution in [3.63, 3.8) is 0 Å². The highest BCUT2D eigenvalue weighted by Gasteiger charge is 2.29. The van der Waals surface area contributed by atoms with Gasteiger partial charge in [0, 0.05) is 37.5 Å². The van der Waals surface area contributed by atoms with Gasteiger partial charge in [0.25, 0.3) is 11.6 Å². The van der Waals surface area contributed by atoms with E-state index in [0.717, 1.165) is 12.0 Å². The molecule has 0 radical (unpaired) electrons. The van der Waals surface area contributed by atoms with Crippen molar-refractivity contribution in [3.8, 4) is 5.69 Å². The zero-order chi connectivity index (χ0) is 24.1. The molecule has 1 N–H and O–H groups in total. The Morgan fingerprint density at radius 1 is 1.12 bits per heavy atom. The number of nitrogens with zero attached hydrogens (tertiary/aromatic N) is 4. The molecule has 0 saturated carbocycles. The molecule has 2 heterocycles. The Morgan fingerprint density at radius 3 is 2.53 bits per heavy atom. The smallest absolute Gasteiger partial charge is 0.272 e. The van der Waals surface area contributed by atoms with Gasteiger partial charge in [0.1, 0.15) is 0 Å². The molecule has 34 heavy (non-hydrogen) atoms. The molecule has 176 valence electrons. The molecule has 9 heteroatoms. The van der Waals surface area contributed by atoms with Gasteiger partial charge < -0.3 is 10.2 Å². The largest absolute Gasteiger partial charge is 0.348 e. The fourth-order valence-corrected chi connectivity index (χ4v) is 4.30. The van der Waals surface area contributed by atoms with Crippen LogP contribution in [0.2, 0.25) is 0 Å². The number of nitro benzene ring substituents is 1. The van der Waals surface area contributed by atoms with Gasteiger partial charge in [-0.3, -0.25) is 19.7 Å². The van der Waals surface area contributed by atoms with E-state index in [2.05, 4.69) is 10.4 Å². The zero-order valence-electron chi connectivity index (χ0n) is 19.0. The minimum atomic E-state index is -0.472. The van der Waals surface area contributed by atoms with Crippen molar-refractivity contribution < 1.29 is 14.5 Å². The van der Waals surface area contributed by atoms with Crippen LogP contribution in [-0.4, -0.2) is 50.5 Å². The van der Waals surface area contributed by atoms with Crippen molar-refractivity contribution in [3.05, 3.63) is 88.2 Å². The minimum absolute atomic E-state index is 0.0436. The number of rotatable bonds is 7. The van der Waals surface area contributed by atoms with E-state index in [9.17, 15) is 19.7 Å². The number of non-ortho nitro benzene ring substituents is 1. The van der Waals surface area contributed by atoms with Crippen LogP contribution in [0.25, 0.3) is 5.69 Å². The second kappa shape index (κ2) is 10.3. The summed E-state index contributed by atoms with van der Waals surface area (Å²) in [7, 11) is 0. The molecular formula is C25H27N5O4. The molecule has 1 unspecified atom stereocenters. The summed E-state index contributed by atoms with van der Waals surface area (Å²) in [6, 6.07) is 17.4. The Morgan fingerprint density at radius 2 is 1.85 bits per heavy atom. The van der Waals surface area contributed by atoms with E-state index >= 15 is 0 Å². The zero-order valence-corrected chi connectivity index (χ0v) is 19.0.